The van der Waals surface area contributed by atoms with Gasteiger partial charge in [0, 0.05) is 67.0 Å². The number of pyridine rings is 1. The van der Waals surface area contributed by atoms with E-state index in [1.807, 2.05) is 89.2 Å². The van der Waals surface area contributed by atoms with Crippen molar-refractivity contribution in [2.45, 2.75) is 112 Å². The molecule has 0 unspecified atom stereocenters. The summed E-state index contributed by atoms with van der Waals surface area (Å²) in [4.78, 5) is 25.0. The summed E-state index contributed by atoms with van der Waals surface area (Å²) in [5, 5.41) is 31.6. The number of fused-ring (bicyclic) bond motifs is 2. The molecule has 16 nitrogen and oxygen atoms in total. The van der Waals surface area contributed by atoms with E-state index in [0.29, 0.717) is 16.2 Å². The highest BCUT2D eigenvalue weighted by molar-refractivity contribution is 9.10. The molecule has 0 aliphatic carbocycles. The van der Waals surface area contributed by atoms with Crippen molar-refractivity contribution in [1.29, 1.82) is 0 Å². The van der Waals surface area contributed by atoms with E-state index in [4.69, 9.17) is 23.4 Å². The summed E-state index contributed by atoms with van der Waals surface area (Å²) in [6, 6.07) is 13.0. The van der Waals surface area contributed by atoms with Gasteiger partial charge in [-0.2, -0.15) is 10.2 Å². The minimum absolute atomic E-state index is 0.0412. The molecule has 0 N–H and O–H groups in total. The number of halogens is 1. The Balaban J connectivity index is 0.000000191. The molecule has 5 heterocycles. The van der Waals surface area contributed by atoms with Crippen molar-refractivity contribution in [3.05, 3.63) is 79.6 Å². The van der Waals surface area contributed by atoms with Gasteiger partial charge >= 0.3 is 14.0 Å². The van der Waals surface area contributed by atoms with Gasteiger partial charge in [0.05, 0.1) is 49.4 Å². The Morgan fingerprint density at radius 1 is 0.702 bits per heavy atom. The minimum atomic E-state index is -0.476. The lowest BCUT2D eigenvalue weighted by molar-refractivity contribution is -0.384. The monoisotopic (exact) mass is 851 g/mol. The van der Waals surface area contributed by atoms with Crippen LogP contribution < -0.4 is 4.74 Å². The van der Waals surface area contributed by atoms with Crippen LogP contribution in [0.25, 0.3) is 33.1 Å². The van der Waals surface area contributed by atoms with Crippen LogP contribution in [0, 0.1) is 20.2 Å². The highest BCUT2D eigenvalue weighted by atomic mass is 79.9. The summed E-state index contributed by atoms with van der Waals surface area (Å²) in [7, 11) is 2.65. The molecule has 306 valence electrons. The lowest BCUT2D eigenvalue weighted by Crippen LogP contribution is -2.41. The SMILES string of the molecule is CC.CC(C)Oc1ccc(-c2nn(C)c3ccc([N+](=O)[O-])cc23)cn1.CC1(C)OB(B2OC(C)(C)C(C)(C)O2)OC1(C)C.Cn1nc(Br)c2cc([N+](=O)[O-])ccc21. The maximum atomic E-state index is 11.0. The molecule has 2 saturated heterocycles. The molecule has 0 atom stereocenters. The maximum Gasteiger partial charge on any atom is 0.488 e. The molecule has 7 rings (SSSR count). The van der Waals surface area contributed by atoms with E-state index in [9.17, 15) is 20.2 Å². The van der Waals surface area contributed by atoms with Crippen molar-refractivity contribution in [3.63, 3.8) is 0 Å². The van der Waals surface area contributed by atoms with Crippen LogP contribution in [0.15, 0.2) is 59.3 Å². The van der Waals surface area contributed by atoms with Gasteiger partial charge in [-0.1, -0.05) is 13.8 Å². The average molecular weight is 852 g/mol. The van der Waals surface area contributed by atoms with Crippen LogP contribution in [-0.4, -0.2) is 76.9 Å². The fourth-order valence-electron chi connectivity index (χ4n) is 5.74. The van der Waals surface area contributed by atoms with Gasteiger partial charge < -0.3 is 23.4 Å². The molecule has 0 bridgehead atoms. The second-order valence-corrected chi connectivity index (χ2v) is 16.4. The average Bonchev–Trinajstić information content (AvgIpc) is 3.76. The number of aromatic nitrogens is 5. The fourth-order valence-corrected chi connectivity index (χ4v) is 6.29. The van der Waals surface area contributed by atoms with E-state index in [-0.39, 0.29) is 39.9 Å². The smallest absolute Gasteiger partial charge is 0.475 e. The first kappa shape index (κ1) is 45.3. The first-order chi connectivity index (χ1) is 26.4. The zero-order valence-corrected chi connectivity index (χ0v) is 36.7. The number of hydrogen-bond acceptors (Lipinski definition) is 12. The number of hydrogen-bond donors (Lipinski definition) is 0. The van der Waals surface area contributed by atoms with Crippen molar-refractivity contribution >= 4 is 63.1 Å². The number of rotatable bonds is 6. The second-order valence-electron chi connectivity index (χ2n) is 15.6. The molecular weight excluding hydrogens is 800 g/mol. The first-order valence-corrected chi connectivity index (χ1v) is 19.4. The van der Waals surface area contributed by atoms with Crippen LogP contribution in [-0.2, 0) is 32.7 Å². The van der Waals surface area contributed by atoms with E-state index in [2.05, 4.69) is 31.1 Å². The number of ether oxygens (including phenoxy) is 1. The summed E-state index contributed by atoms with van der Waals surface area (Å²) in [5.74, 6) is 0.537. The predicted octanol–water partition coefficient (Wildman–Crippen LogP) is 8.85. The summed E-state index contributed by atoms with van der Waals surface area (Å²) >= 11 is 3.25. The van der Waals surface area contributed by atoms with Gasteiger partial charge in [-0.25, -0.2) is 4.98 Å². The Bertz CT molecular complexity index is 2160. The second kappa shape index (κ2) is 17.2. The van der Waals surface area contributed by atoms with Crippen LogP contribution in [0.5, 0.6) is 5.88 Å². The van der Waals surface area contributed by atoms with Gasteiger partial charge in [-0.3, -0.25) is 29.6 Å². The predicted molar refractivity (Wildman–Crippen MR) is 225 cm³/mol. The van der Waals surface area contributed by atoms with Crippen LogP contribution in [0.2, 0.25) is 0 Å². The Hall–Kier alpha value is -4.42. The Morgan fingerprint density at radius 2 is 1.12 bits per heavy atom. The highest BCUT2D eigenvalue weighted by Crippen LogP contribution is 2.43. The molecule has 0 radical (unpaired) electrons. The number of nitro groups is 2. The number of benzene rings is 2. The Morgan fingerprint density at radius 3 is 1.53 bits per heavy atom. The lowest BCUT2D eigenvalue weighted by Gasteiger charge is -2.32. The lowest BCUT2D eigenvalue weighted by atomic mass is 9.49. The Kier molecular flexibility index (Phi) is 13.7. The van der Waals surface area contributed by atoms with E-state index < -0.39 is 23.9 Å². The van der Waals surface area contributed by atoms with Crippen molar-refractivity contribution in [3.8, 4) is 17.1 Å². The third-order valence-electron chi connectivity index (χ3n) is 10.2. The largest absolute Gasteiger partial charge is 0.488 e. The first-order valence-electron chi connectivity index (χ1n) is 18.6. The molecule has 19 heteroatoms. The third kappa shape index (κ3) is 9.83. The molecule has 2 aliphatic heterocycles. The van der Waals surface area contributed by atoms with Crippen molar-refractivity contribution in [2.24, 2.45) is 14.1 Å². The number of nitrogens with zero attached hydrogens (tertiary/aromatic N) is 7. The summed E-state index contributed by atoms with van der Waals surface area (Å²) in [5.41, 5.74) is 1.81. The number of non-ortho nitro benzene ring substituents is 2. The molecule has 3 aromatic heterocycles. The standard InChI is InChI=1S/C16H16N4O3.C12H24B2O4.C8H6BrN3O2.C2H6/c1-10(2)23-15-7-4-11(9-17-15)16-13-8-12(20(21)22)5-6-14(13)19(3)18-16;1-9(2)10(3,4)16-13(15-9)14-17-11(5,6)12(7,8)18-14;1-11-7-3-2-5(12(13)14)4-6(7)8(9)10-11;1-2/h4-10H,1-3H3;1-8H3;2-4H,1H3;1-2H3. The number of aryl methyl sites for hydroxylation is 2. The topological polar surface area (TPSA) is 181 Å². The molecule has 2 fully saturated rings. The highest BCUT2D eigenvalue weighted by Gasteiger charge is 2.63. The summed E-state index contributed by atoms with van der Waals surface area (Å²) in [6.07, 6.45) is 1.71. The zero-order chi connectivity index (χ0) is 42.8. The van der Waals surface area contributed by atoms with Gasteiger partial charge in [0.1, 0.15) is 10.3 Å². The van der Waals surface area contributed by atoms with Gasteiger partial charge in [-0.15, -0.1) is 0 Å². The number of nitro benzene ring substituents is 2. The summed E-state index contributed by atoms with van der Waals surface area (Å²) < 4.78 is 33.4. The van der Waals surface area contributed by atoms with E-state index in [1.165, 1.54) is 24.3 Å². The molecule has 5 aromatic rings. The van der Waals surface area contributed by atoms with E-state index >= 15 is 0 Å². The molecule has 57 heavy (non-hydrogen) atoms. The van der Waals surface area contributed by atoms with Crippen molar-refractivity contribution < 1.29 is 33.2 Å². The third-order valence-corrected chi connectivity index (χ3v) is 10.8. The molecule has 2 aromatic carbocycles. The van der Waals surface area contributed by atoms with Crippen molar-refractivity contribution in [2.75, 3.05) is 0 Å². The van der Waals surface area contributed by atoms with Gasteiger partial charge in [0.15, 0.2) is 0 Å². The summed E-state index contributed by atoms with van der Waals surface area (Å²) in [6.45, 7) is 24.1. The molecule has 2 aliphatic rings. The van der Waals surface area contributed by atoms with E-state index in [0.717, 1.165) is 27.4 Å². The zero-order valence-electron chi connectivity index (χ0n) is 35.1. The molecular formula is C38H52B2BrN7O9. The van der Waals surface area contributed by atoms with Gasteiger partial charge in [0.2, 0.25) is 5.88 Å². The minimum Gasteiger partial charge on any atom is -0.475 e. The van der Waals surface area contributed by atoms with Gasteiger partial charge in [0.25, 0.3) is 11.4 Å². The van der Waals surface area contributed by atoms with Crippen LogP contribution >= 0.6 is 15.9 Å². The van der Waals surface area contributed by atoms with Crippen LogP contribution in [0.3, 0.4) is 0 Å². The Labute approximate surface area is 342 Å². The van der Waals surface area contributed by atoms with Crippen LogP contribution in [0.1, 0.15) is 83.1 Å². The molecule has 0 spiro atoms. The van der Waals surface area contributed by atoms with E-state index in [1.54, 1.807) is 47.9 Å². The van der Waals surface area contributed by atoms with Gasteiger partial charge in [-0.05, 0) is 103 Å². The quantitative estimate of drug-likeness (QED) is 0.0901. The normalized spacial score (nSPS) is 17.3. The van der Waals surface area contributed by atoms with Crippen LogP contribution in [0.4, 0.5) is 11.4 Å². The fraction of sp³-hybridized carbons (Fsp3) is 0.500. The molecule has 0 saturated carbocycles. The van der Waals surface area contributed by atoms with Crippen molar-refractivity contribution in [1.82, 2.24) is 24.5 Å². The molecule has 0 amide bonds. The maximum absolute atomic E-state index is 11.0.